The Morgan fingerprint density at radius 2 is 1.86 bits per heavy atom. The molecule has 0 unspecified atom stereocenters. The zero-order valence-electron chi connectivity index (χ0n) is 11.6. The SMILES string of the molecule is CS(=O)(=O)NCCCNC(=O)N[C@H](CCC(N)=O)C(=O)O. The Labute approximate surface area is 122 Å². The van der Waals surface area contributed by atoms with Gasteiger partial charge in [0.1, 0.15) is 6.04 Å². The molecule has 122 valence electrons. The summed E-state index contributed by atoms with van der Waals surface area (Å²) in [7, 11) is -3.27. The normalized spacial score (nSPS) is 12.4. The van der Waals surface area contributed by atoms with Crippen molar-refractivity contribution in [3.8, 4) is 0 Å². The molecule has 0 rings (SSSR count). The highest BCUT2D eigenvalue weighted by Gasteiger charge is 2.20. The van der Waals surface area contributed by atoms with Gasteiger partial charge < -0.3 is 21.5 Å². The highest BCUT2D eigenvalue weighted by atomic mass is 32.2. The number of primary amides is 1. The van der Waals surface area contributed by atoms with Crippen LogP contribution < -0.4 is 21.1 Å². The summed E-state index contributed by atoms with van der Waals surface area (Å²) >= 11 is 0. The summed E-state index contributed by atoms with van der Waals surface area (Å²) in [6.45, 7) is 0.319. The summed E-state index contributed by atoms with van der Waals surface area (Å²) in [4.78, 5) is 32.9. The summed E-state index contributed by atoms with van der Waals surface area (Å²) in [6, 6.07) is -1.93. The van der Waals surface area contributed by atoms with Crippen molar-refractivity contribution < 1.29 is 27.9 Å². The largest absolute Gasteiger partial charge is 0.480 e. The van der Waals surface area contributed by atoms with Crippen LogP contribution in [0, 0.1) is 0 Å². The number of sulfonamides is 1. The lowest BCUT2D eigenvalue weighted by Crippen LogP contribution is -2.46. The van der Waals surface area contributed by atoms with Gasteiger partial charge in [-0.05, 0) is 12.8 Å². The van der Waals surface area contributed by atoms with Gasteiger partial charge in [0.25, 0.3) is 0 Å². The first kappa shape index (κ1) is 19.1. The van der Waals surface area contributed by atoms with Crippen LogP contribution in [0.1, 0.15) is 19.3 Å². The van der Waals surface area contributed by atoms with Gasteiger partial charge in [0.05, 0.1) is 6.26 Å². The molecule has 0 bridgehead atoms. The molecule has 0 aliphatic carbocycles. The number of carbonyl (C=O) groups is 3. The molecule has 0 aromatic carbocycles. The molecule has 1 atom stereocenters. The molecule has 11 heteroatoms. The van der Waals surface area contributed by atoms with Gasteiger partial charge in [0, 0.05) is 19.5 Å². The van der Waals surface area contributed by atoms with E-state index in [0.717, 1.165) is 6.26 Å². The number of aliphatic carboxylic acids is 1. The highest BCUT2D eigenvalue weighted by Crippen LogP contribution is 1.97. The summed E-state index contributed by atoms with van der Waals surface area (Å²) in [5, 5.41) is 13.4. The number of urea groups is 1. The average molecular weight is 324 g/mol. The Morgan fingerprint density at radius 1 is 1.24 bits per heavy atom. The highest BCUT2D eigenvalue weighted by molar-refractivity contribution is 7.88. The van der Waals surface area contributed by atoms with Crippen LogP contribution in [-0.2, 0) is 19.6 Å². The lowest BCUT2D eigenvalue weighted by molar-refractivity contribution is -0.139. The molecule has 10 nitrogen and oxygen atoms in total. The van der Waals surface area contributed by atoms with E-state index in [4.69, 9.17) is 10.8 Å². The predicted molar refractivity (Wildman–Crippen MR) is 73.9 cm³/mol. The molecule has 0 saturated heterocycles. The molecular weight excluding hydrogens is 304 g/mol. The first-order chi connectivity index (χ1) is 9.61. The number of carbonyl (C=O) groups excluding carboxylic acids is 2. The minimum atomic E-state index is -3.27. The van der Waals surface area contributed by atoms with Crippen molar-refractivity contribution in [1.82, 2.24) is 15.4 Å². The fourth-order valence-corrected chi connectivity index (χ4v) is 1.82. The minimum absolute atomic E-state index is 0.103. The number of hydrogen-bond acceptors (Lipinski definition) is 5. The molecule has 0 aliphatic rings. The number of rotatable bonds is 10. The average Bonchev–Trinajstić information content (AvgIpc) is 2.31. The van der Waals surface area contributed by atoms with E-state index in [2.05, 4.69) is 15.4 Å². The Kier molecular flexibility index (Phi) is 8.31. The van der Waals surface area contributed by atoms with Gasteiger partial charge in [-0.25, -0.2) is 22.7 Å². The monoisotopic (exact) mass is 324 g/mol. The Morgan fingerprint density at radius 3 is 2.33 bits per heavy atom. The molecule has 0 fully saturated rings. The van der Waals surface area contributed by atoms with Crippen molar-refractivity contribution >= 4 is 27.9 Å². The van der Waals surface area contributed by atoms with E-state index in [9.17, 15) is 22.8 Å². The predicted octanol–water partition coefficient (Wildman–Crippen LogP) is -2.06. The van der Waals surface area contributed by atoms with Crippen molar-refractivity contribution in [2.45, 2.75) is 25.3 Å². The quantitative estimate of drug-likeness (QED) is 0.290. The molecule has 0 saturated carbocycles. The first-order valence-corrected chi connectivity index (χ1v) is 8.01. The minimum Gasteiger partial charge on any atom is -0.480 e. The van der Waals surface area contributed by atoms with Crippen molar-refractivity contribution in [2.24, 2.45) is 5.73 Å². The van der Waals surface area contributed by atoms with Crippen molar-refractivity contribution in [2.75, 3.05) is 19.3 Å². The third kappa shape index (κ3) is 11.6. The number of nitrogens with one attached hydrogen (secondary N) is 3. The van der Waals surface area contributed by atoms with Gasteiger partial charge in [-0.3, -0.25) is 4.79 Å². The van der Waals surface area contributed by atoms with Gasteiger partial charge in [-0.1, -0.05) is 0 Å². The van der Waals surface area contributed by atoms with E-state index in [1.807, 2.05) is 0 Å². The van der Waals surface area contributed by atoms with Gasteiger partial charge in [0.2, 0.25) is 15.9 Å². The Bertz CT molecular complexity index is 478. The van der Waals surface area contributed by atoms with Crippen molar-refractivity contribution in [3.63, 3.8) is 0 Å². The van der Waals surface area contributed by atoms with Gasteiger partial charge in [-0.2, -0.15) is 0 Å². The van der Waals surface area contributed by atoms with E-state index in [0.29, 0.717) is 6.42 Å². The molecule has 0 radical (unpaired) electrons. The number of nitrogens with two attached hydrogens (primary N) is 1. The Hall–Kier alpha value is -1.88. The summed E-state index contributed by atoms with van der Waals surface area (Å²) < 4.78 is 23.8. The smallest absolute Gasteiger partial charge is 0.326 e. The number of hydrogen-bond donors (Lipinski definition) is 5. The maximum Gasteiger partial charge on any atom is 0.326 e. The molecule has 0 spiro atoms. The Balaban J connectivity index is 3.98. The van der Waals surface area contributed by atoms with E-state index < -0.39 is 34.0 Å². The summed E-state index contributed by atoms with van der Waals surface area (Å²) in [6.07, 6.45) is 1.10. The number of amides is 3. The topological polar surface area (TPSA) is 168 Å². The van der Waals surface area contributed by atoms with E-state index >= 15 is 0 Å². The third-order valence-electron chi connectivity index (χ3n) is 2.29. The number of carboxylic acid groups (broad SMARTS) is 1. The molecule has 0 aromatic heterocycles. The van der Waals surface area contributed by atoms with Gasteiger partial charge in [0.15, 0.2) is 0 Å². The van der Waals surface area contributed by atoms with Crippen LogP contribution in [0.2, 0.25) is 0 Å². The lowest BCUT2D eigenvalue weighted by Gasteiger charge is -2.14. The lowest BCUT2D eigenvalue weighted by atomic mass is 10.1. The standard InChI is InChI=1S/C10H20N4O6S/c1-21(19,20)13-6-2-5-12-10(18)14-7(9(16)17)3-4-8(11)15/h7,13H,2-6H2,1H3,(H2,11,15)(H,16,17)(H2,12,14,18)/t7-/m1/s1. The van der Waals surface area contributed by atoms with E-state index in [1.54, 1.807) is 0 Å². The van der Waals surface area contributed by atoms with Crippen LogP contribution in [0.15, 0.2) is 0 Å². The van der Waals surface area contributed by atoms with Crippen LogP contribution >= 0.6 is 0 Å². The zero-order valence-corrected chi connectivity index (χ0v) is 12.4. The maximum absolute atomic E-state index is 11.4. The first-order valence-electron chi connectivity index (χ1n) is 6.12. The molecule has 0 aliphatic heterocycles. The van der Waals surface area contributed by atoms with Crippen LogP contribution in [-0.4, -0.2) is 56.8 Å². The maximum atomic E-state index is 11.4. The molecule has 0 heterocycles. The van der Waals surface area contributed by atoms with Crippen LogP contribution in [0.5, 0.6) is 0 Å². The van der Waals surface area contributed by atoms with Crippen LogP contribution in [0.25, 0.3) is 0 Å². The van der Waals surface area contributed by atoms with Gasteiger partial charge in [-0.15, -0.1) is 0 Å². The number of carboxylic acids is 1. The van der Waals surface area contributed by atoms with Crippen LogP contribution in [0.3, 0.4) is 0 Å². The molecular formula is C10H20N4O6S. The zero-order chi connectivity index (χ0) is 16.5. The second-order valence-electron chi connectivity index (χ2n) is 4.32. The molecule has 6 N–H and O–H groups in total. The van der Waals surface area contributed by atoms with Crippen molar-refractivity contribution in [1.29, 1.82) is 0 Å². The van der Waals surface area contributed by atoms with E-state index in [1.165, 1.54) is 0 Å². The molecule has 21 heavy (non-hydrogen) atoms. The van der Waals surface area contributed by atoms with Crippen LogP contribution in [0.4, 0.5) is 4.79 Å². The van der Waals surface area contributed by atoms with Crippen molar-refractivity contribution in [3.05, 3.63) is 0 Å². The summed E-state index contributed by atoms with van der Waals surface area (Å²) in [5.74, 6) is -1.93. The second-order valence-corrected chi connectivity index (χ2v) is 6.15. The summed E-state index contributed by atoms with van der Waals surface area (Å²) in [5.41, 5.74) is 4.90. The second kappa shape index (κ2) is 9.13. The third-order valence-corrected chi connectivity index (χ3v) is 3.01. The van der Waals surface area contributed by atoms with E-state index in [-0.39, 0.29) is 25.9 Å². The fourth-order valence-electron chi connectivity index (χ4n) is 1.30. The van der Waals surface area contributed by atoms with Gasteiger partial charge >= 0.3 is 12.0 Å². The molecule has 3 amide bonds. The fraction of sp³-hybridized carbons (Fsp3) is 0.700. The molecule has 0 aromatic rings.